The summed E-state index contributed by atoms with van der Waals surface area (Å²) in [4.78, 5) is 10.3. The molecule has 0 amide bonds. The van der Waals surface area contributed by atoms with Crippen molar-refractivity contribution in [2.45, 2.75) is 0 Å². The Morgan fingerprint density at radius 3 is 1.46 bits per heavy atom. The third-order valence-corrected chi connectivity index (χ3v) is 9.50. The van der Waals surface area contributed by atoms with Crippen LogP contribution in [0.2, 0.25) is 0 Å². The molecule has 0 radical (unpaired) electrons. The van der Waals surface area contributed by atoms with Crippen LogP contribution in [0.25, 0.3) is 88.5 Å². The molecular weight excluding hydrogens is 585 g/mol. The van der Waals surface area contributed by atoms with Gasteiger partial charge in [-0.15, -0.1) is 0 Å². The average Bonchev–Trinajstić information content (AvgIpc) is 3.74. The standard InChI is InChI=1S/C44H28N4/c1-3-14-29(15-4-1)43-45-36-21-9-11-23-39(36)47(43)38-25-13-20-35-33(38)27-26-31-28-41(32-18-7-8-19-34(32)42(31)35)48-40-24-12-10-22-37(40)46-44(48)30-16-5-2-6-17-30/h1-28H. The van der Waals surface area contributed by atoms with Crippen LogP contribution in [0.1, 0.15) is 0 Å². The van der Waals surface area contributed by atoms with Gasteiger partial charge in [0.2, 0.25) is 0 Å². The fourth-order valence-electron chi connectivity index (χ4n) is 7.41. The van der Waals surface area contributed by atoms with Gasteiger partial charge in [-0.25, -0.2) is 9.97 Å². The minimum atomic E-state index is 0.935. The lowest BCUT2D eigenvalue weighted by molar-refractivity contribution is 1.11. The number of fused-ring (bicyclic) bond motifs is 7. The predicted molar refractivity (Wildman–Crippen MR) is 199 cm³/mol. The van der Waals surface area contributed by atoms with Crippen LogP contribution in [-0.4, -0.2) is 19.1 Å². The van der Waals surface area contributed by atoms with Crippen LogP contribution in [0.5, 0.6) is 0 Å². The molecule has 48 heavy (non-hydrogen) atoms. The molecule has 8 aromatic carbocycles. The second-order valence-electron chi connectivity index (χ2n) is 12.2. The first-order chi connectivity index (χ1) is 23.8. The van der Waals surface area contributed by atoms with Crippen molar-refractivity contribution in [3.8, 4) is 34.2 Å². The van der Waals surface area contributed by atoms with Gasteiger partial charge in [0.15, 0.2) is 0 Å². The third kappa shape index (κ3) is 3.96. The highest BCUT2D eigenvalue weighted by Gasteiger charge is 2.20. The quantitative estimate of drug-likeness (QED) is 0.185. The molecule has 0 aliphatic carbocycles. The monoisotopic (exact) mass is 612 g/mol. The zero-order chi connectivity index (χ0) is 31.6. The van der Waals surface area contributed by atoms with Gasteiger partial charge in [-0.1, -0.05) is 133 Å². The molecule has 0 saturated heterocycles. The number of hydrogen-bond donors (Lipinski definition) is 0. The first kappa shape index (κ1) is 26.7. The number of rotatable bonds is 4. The first-order valence-corrected chi connectivity index (χ1v) is 16.3. The van der Waals surface area contributed by atoms with E-state index >= 15 is 0 Å². The van der Waals surface area contributed by atoms with Crippen LogP contribution in [-0.2, 0) is 0 Å². The van der Waals surface area contributed by atoms with Crippen molar-refractivity contribution in [3.63, 3.8) is 0 Å². The summed E-state index contributed by atoms with van der Waals surface area (Å²) >= 11 is 0. The van der Waals surface area contributed by atoms with Gasteiger partial charge in [0.1, 0.15) is 11.6 Å². The SMILES string of the molecule is c1ccc(-c2nc3ccccc3n2-c2cccc3c2ccc2cc(-n4c(-c5ccccc5)nc5ccccc54)c4ccccc4c23)cc1. The van der Waals surface area contributed by atoms with E-state index in [1.54, 1.807) is 0 Å². The Kier molecular flexibility index (Phi) is 5.84. The topological polar surface area (TPSA) is 35.6 Å². The number of hydrogen-bond acceptors (Lipinski definition) is 2. The molecular formula is C44H28N4. The lowest BCUT2D eigenvalue weighted by Crippen LogP contribution is -2.00. The van der Waals surface area contributed by atoms with E-state index in [0.29, 0.717) is 0 Å². The minimum absolute atomic E-state index is 0.935. The molecule has 2 aromatic heterocycles. The first-order valence-electron chi connectivity index (χ1n) is 16.3. The van der Waals surface area contributed by atoms with E-state index < -0.39 is 0 Å². The Morgan fingerprint density at radius 1 is 0.354 bits per heavy atom. The molecule has 4 heteroatoms. The van der Waals surface area contributed by atoms with Crippen molar-refractivity contribution >= 4 is 54.4 Å². The van der Waals surface area contributed by atoms with E-state index in [-0.39, 0.29) is 0 Å². The van der Waals surface area contributed by atoms with Gasteiger partial charge in [0.05, 0.1) is 33.4 Å². The van der Waals surface area contributed by atoms with E-state index in [9.17, 15) is 0 Å². The second kappa shape index (κ2) is 10.5. The maximum atomic E-state index is 5.15. The van der Waals surface area contributed by atoms with Crippen LogP contribution in [0.3, 0.4) is 0 Å². The number of nitrogens with zero attached hydrogens (tertiary/aromatic N) is 4. The summed E-state index contributed by atoms with van der Waals surface area (Å²) in [5, 5.41) is 7.21. The molecule has 0 saturated carbocycles. The Labute approximate surface area is 276 Å². The van der Waals surface area contributed by atoms with E-state index in [2.05, 4.69) is 179 Å². The summed E-state index contributed by atoms with van der Waals surface area (Å²) in [6.07, 6.45) is 0. The maximum absolute atomic E-state index is 5.15. The molecule has 0 aliphatic heterocycles. The van der Waals surface area contributed by atoms with Gasteiger partial charge in [0.25, 0.3) is 0 Å². The lowest BCUT2D eigenvalue weighted by Gasteiger charge is -2.18. The fraction of sp³-hybridized carbons (Fsp3) is 0. The molecule has 224 valence electrons. The second-order valence-corrected chi connectivity index (χ2v) is 12.2. The van der Waals surface area contributed by atoms with Gasteiger partial charge in [0, 0.05) is 21.9 Å². The zero-order valence-electron chi connectivity index (χ0n) is 26.0. The largest absolute Gasteiger partial charge is 0.292 e. The molecule has 0 N–H and O–H groups in total. The Bertz CT molecular complexity index is 2810. The van der Waals surface area contributed by atoms with Crippen molar-refractivity contribution < 1.29 is 0 Å². The highest BCUT2D eigenvalue weighted by Crippen LogP contribution is 2.41. The highest BCUT2D eigenvalue weighted by molar-refractivity contribution is 6.23. The molecule has 0 bridgehead atoms. The van der Waals surface area contributed by atoms with E-state index in [1.165, 1.54) is 32.3 Å². The summed E-state index contributed by atoms with van der Waals surface area (Å²) in [7, 11) is 0. The highest BCUT2D eigenvalue weighted by atomic mass is 15.1. The van der Waals surface area contributed by atoms with Crippen molar-refractivity contribution in [2.24, 2.45) is 0 Å². The van der Waals surface area contributed by atoms with Crippen LogP contribution in [0, 0.1) is 0 Å². The number of para-hydroxylation sites is 4. The summed E-state index contributed by atoms with van der Waals surface area (Å²) in [6.45, 7) is 0. The van der Waals surface area contributed by atoms with Gasteiger partial charge < -0.3 is 0 Å². The number of benzene rings is 8. The van der Waals surface area contributed by atoms with E-state index in [1.807, 2.05) is 0 Å². The van der Waals surface area contributed by atoms with Gasteiger partial charge in [-0.3, -0.25) is 9.13 Å². The zero-order valence-corrected chi connectivity index (χ0v) is 26.0. The Balaban J connectivity index is 1.29. The lowest BCUT2D eigenvalue weighted by atomic mass is 9.94. The fourth-order valence-corrected chi connectivity index (χ4v) is 7.41. The normalized spacial score (nSPS) is 11.8. The van der Waals surface area contributed by atoms with Crippen LogP contribution in [0.4, 0.5) is 0 Å². The molecule has 2 heterocycles. The summed E-state index contributed by atoms with van der Waals surface area (Å²) in [6, 6.07) is 60.1. The smallest absolute Gasteiger partial charge is 0.145 e. The molecule has 4 nitrogen and oxygen atoms in total. The van der Waals surface area contributed by atoms with Crippen molar-refractivity contribution in [1.82, 2.24) is 19.1 Å². The number of aromatic nitrogens is 4. The molecule has 0 atom stereocenters. The van der Waals surface area contributed by atoms with Crippen molar-refractivity contribution in [1.29, 1.82) is 0 Å². The third-order valence-electron chi connectivity index (χ3n) is 9.50. The van der Waals surface area contributed by atoms with Gasteiger partial charge in [-0.05, 0) is 57.9 Å². The molecule has 0 spiro atoms. The van der Waals surface area contributed by atoms with Crippen LogP contribution < -0.4 is 0 Å². The van der Waals surface area contributed by atoms with Crippen molar-refractivity contribution in [2.75, 3.05) is 0 Å². The van der Waals surface area contributed by atoms with Crippen LogP contribution >= 0.6 is 0 Å². The number of imidazole rings is 2. The maximum Gasteiger partial charge on any atom is 0.145 e. The van der Waals surface area contributed by atoms with Crippen molar-refractivity contribution in [3.05, 3.63) is 170 Å². The minimum Gasteiger partial charge on any atom is -0.292 e. The molecule has 0 unspecified atom stereocenters. The van der Waals surface area contributed by atoms with Crippen LogP contribution in [0.15, 0.2) is 170 Å². The molecule has 10 aromatic rings. The van der Waals surface area contributed by atoms with Gasteiger partial charge >= 0.3 is 0 Å². The molecule has 10 rings (SSSR count). The summed E-state index contributed by atoms with van der Waals surface area (Å²) < 4.78 is 4.65. The Hall–Kier alpha value is -6.52. The predicted octanol–water partition coefficient (Wildman–Crippen LogP) is 11.2. The molecule has 0 aliphatic rings. The summed E-state index contributed by atoms with van der Waals surface area (Å²) in [5.41, 5.74) is 8.53. The Morgan fingerprint density at radius 2 is 0.833 bits per heavy atom. The van der Waals surface area contributed by atoms with E-state index in [0.717, 1.165) is 56.2 Å². The summed E-state index contributed by atoms with van der Waals surface area (Å²) in [5.74, 6) is 1.87. The van der Waals surface area contributed by atoms with E-state index in [4.69, 9.17) is 9.97 Å². The average molecular weight is 613 g/mol. The molecule has 0 fully saturated rings. The van der Waals surface area contributed by atoms with Gasteiger partial charge in [-0.2, -0.15) is 0 Å².